The minimum absolute atomic E-state index is 0.00290. The van der Waals surface area contributed by atoms with Crippen LogP contribution >= 0.6 is 0 Å². The average molecular weight is 455 g/mol. The summed E-state index contributed by atoms with van der Waals surface area (Å²) in [4.78, 5) is 26.7. The van der Waals surface area contributed by atoms with Crippen molar-refractivity contribution in [3.05, 3.63) is 73.8 Å². The van der Waals surface area contributed by atoms with Crippen LogP contribution in [0.15, 0.2) is 73.8 Å². The number of amides is 1. The number of nitrogens with two attached hydrogens (primary N) is 1. The van der Waals surface area contributed by atoms with E-state index in [1.54, 1.807) is 6.20 Å². The van der Waals surface area contributed by atoms with E-state index in [0.29, 0.717) is 23.4 Å². The lowest BCUT2D eigenvalue weighted by molar-refractivity contribution is -0.127. The molecule has 2 N–H and O–H groups in total. The molecule has 0 radical (unpaired) electrons. The molecule has 4 aromatic rings. The van der Waals surface area contributed by atoms with Gasteiger partial charge in [0.05, 0.1) is 5.39 Å². The molecule has 0 atom stereocenters. The summed E-state index contributed by atoms with van der Waals surface area (Å²) in [5.41, 5.74) is 9.10. The number of piperidine rings is 1. The molecule has 4 heterocycles. The Kier molecular flexibility index (Phi) is 5.95. The van der Waals surface area contributed by atoms with E-state index in [9.17, 15) is 4.79 Å². The molecular weight excluding hydrogens is 428 g/mol. The fraction of sp³-hybridized carbons (Fsp3) is 0.231. The van der Waals surface area contributed by atoms with Crippen LogP contribution in [0.3, 0.4) is 0 Å². The smallest absolute Gasteiger partial charge is 0.245 e. The van der Waals surface area contributed by atoms with Crippen LogP contribution < -0.4 is 10.5 Å². The highest BCUT2D eigenvalue weighted by atomic mass is 16.5. The number of nitrogens with zero attached hydrogens (tertiary/aromatic N) is 5. The number of aromatic nitrogens is 4. The normalized spacial score (nSPS) is 14.3. The van der Waals surface area contributed by atoms with Crippen LogP contribution in [0.2, 0.25) is 0 Å². The molecular formula is C26H26N6O2. The van der Waals surface area contributed by atoms with E-state index < -0.39 is 0 Å². The Hall–Kier alpha value is -4.20. The maximum absolute atomic E-state index is 11.9. The summed E-state index contributed by atoms with van der Waals surface area (Å²) >= 11 is 0. The van der Waals surface area contributed by atoms with Gasteiger partial charge in [-0.2, -0.15) is 0 Å². The van der Waals surface area contributed by atoms with Crippen molar-refractivity contribution in [1.29, 1.82) is 0 Å². The third-order valence-corrected chi connectivity index (χ3v) is 6.26. The first kappa shape index (κ1) is 21.6. The lowest BCUT2D eigenvalue weighted by atomic mass is 9.96. The van der Waals surface area contributed by atoms with Crippen molar-refractivity contribution in [1.82, 2.24) is 24.4 Å². The molecule has 1 saturated heterocycles. The Labute approximate surface area is 197 Å². The Morgan fingerprint density at radius 3 is 2.62 bits per heavy atom. The lowest BCUT2D eigenvalue weighted by Gasteiger charge is -2.31. The monoisotopic (exact) mass is 454 g/mol. The van der Waals surface area contributed by atoms with Gasteiger partial charge in [0.15, 0.2) is 0 Å². The van der Waals surface area contributed by atoms with E-state index in [4.69, 9.17) is 10.5 Å². The highest BCUT2D eigenvalue weighted by Crippen LogP contribution is 2.35. The van der Waals surface area contributed by atoms with E-state index in [0.717, 1.165) is 54.6 Å². The molecule has 1 amide bonds. The largest absolute Gasteiger partial charge is 0.439 e. The molecule has 0 bridgehead atoms. The van der Waals surface area contributed by atoms with Crippen LogP contribution in [-0.4, -0.2) is 43.4 Å². The first-order chi connectivity index (χ1) is 16.6. The van der Waals surface area contributed by atoms with Gasteiger partial charge < -0.3 is 19.9 Å². The maximum atomic E-state index is 11.9. The summed E-state index contributed by atoms with van der Waals surface area (Å²) < 4.78 is 7.98. The van der Waals surface area contributed by atoms with Gasteiger partial charge in [-0.1, -0.05) is 24.8 Å². The van der Waals surface area contributed by atoms with Crippen LogP contribution in [0.4, 0.5) is 5.82 Å². The van der Waals surface area contributed by atoms with Crippen LogP contribution in [-0.2, 0) is 11.3 Å². The van der Waals surface area contributed by atoms with Crippen molar-refractivity contribution in [2.24, 2.45) is 5.92 Å². The second-order valence-electron chi connectivity index (χ2n) is 8.42. The fourth-order valence-corrected chi connectivity index (χ4v) is 4.48. The SMILES string of the molecule is C=CC(=O)N1CCC(Cn2cc(-c3ccc(Oc4ccccn4)cc3)c3c(N)ncnc32)CC1. The second kappa shape index (κ2) is 9.35. The Morgan fingerprint density at radius 2 is 1.91 bits per heavy atom. The molecule has 1 aliphatic heterocycles. The third kappa shape index (κ3) is 4.34. The number of hydrogen-bond acceptors (Lipinski definition) is 6. The number of anilines is 1. The summed E-state index contributed by atoms with van der Waals surface area (Å²) in [6.45, 7) is 5.89. The lowest BCUT2D eigenvalue weighted by Crippen LogP contribution is -2.38. The zero-order valence-electron chi connectivity index (χ0n) is 18.8. The molecule has 172 valence electrons. The highest BCUT2D eigenvalue weighted by molar-refractivity contribution is 6.00. The van der Waals surface area contributed by atoms with Crippen LogP contribution in [0.5, 0.6) is 11.6 Å². The topological polar surface area (TPSA) is 99.2 Å². The molecule has 1 aliphatic rings. The van der Waals surface area contributed by atoms with Gasteiger partial charge in [0, 0.05) is 43.7 Å². The number of carbonyl (C=O) groups is 1. The second-order valence-corrected chi connectivity index (χ2v) is 8.42. The zero-order chi connectivity index (χ0) is 23.5. The van der Waals surface area contributed by atoms with Crippen molar-refractivity contribution in [2.75, 3.05) is 18.8 Å². The number of likely N-dealkylation sites (tertiary alicyclic amines) is 1. The molecule has 34 heavy (non-hydrogen) atoms. The third-order valence-electron chi connectivity index (χ3n) is 6.26. The molecule has 0 unspecified atom stereocenters. The van der Waals surface area contributed by atoms with Crippen molar-refractivity contribution in [3.63, 3.8) is 0 Å². The van der Waals surface area contributed by atoms with Gasteiger partial charge in [-0.3, -0.25) is 4.79 Å². The van der Waals surface area contributed by atoms with Gasteiger partial charge in [-0.15, -0.1) is 0 Å². The Morgan fingerprint density at radius 1 is 1.12 bits per heavy atom. The molecule has 8 heteroatoms. The Bertz CT molecular complexity index is 1310. The number of rotatable bonds is 6. The molecule has 1 aromatic carbocycles. The number of hydrogen-bond donors (Lipinski definition) is 1. The molecule has 5 rings (SSSR count). The van der Waals surface area contributed by atoms with E-state index in [2.05, 4.69) is 32.3 Å². The highest BCUT2D eigenvalue weighted by Gasteiger charge is 2.23. The number of pyridine rings is 1. The summed E-state index contributed by atoms with van der Waals surface area (Å²) in [7, 11) is 0. The van der Waals surface area contributed by atoms with Crippen molar-refractivity contribution >= 4 is 22.8 Å². The Balaban J connectivity index is 1.39. The standard InChI is InChI=1S/C26H26N6O2/c1-2-23(33)31-13-10-18(11-14-31)15-32-16-21(24-25(27)29-17-30-26(24)32)19-6-8-20(9-7-19)34-22-5-3-4-12-28-22/h2-9,12,16-18H,1,10-11,13-15H2,(H2,27,29,30). The number of ether oxygens (including phenoxy) is 1. The van der Waals surface area contributed by atoms with E-state index in [1.807, 2.05) is 47.4 Å². The van der Waals surface area contributed by atoms with E-state index >= 15 is 0 Å². The zero-order valence-corrected chi connectivity index (χ0v) is 18.8. The van der Waals surface area contributed by atoms with Crippen LogP contribution in [0, 0.1) is 5.92 Å². The molecule has 0 spiro atoms. The van der Waals surface area contributed by atoms with Gasteiger partial charge in [0.1, 0.15) is 23.5 Å². The minimum atomic E-state index is 0.00290. The molecule has 1 fully saturated rings. The number of benzene rings is 1. The van der Waals surface area contributed by atoms with Gasteiger partial charge in [-0.25, -0.2) is 15.0 Å². The number of carbonyl (C=O) groups excluding carboxylic acids is 1. The fourth-order valence-electron chi connectivity index (χ4n) is 4.48. The number of fused-ring (bicyclic) bond motifs is 1. The van der Waals surface area contributed by atoms with Gasteiger partial charge in [0.2, 0.25) is 11.8 Å². The summed E-state index contributed by atoms with van der Waals surface area (Å²) in [6.07, 6.45) is 8.57. The first-order valence-electron chi connectivity index (χ1n) is 11.3. The van der Waals surface area contributed by atoms with Crippen molar-refractivity contribution in [2.45, 2.75) is 19.4 Å². The average Bonchev–Trinajstić information content (AvgIpc) is 3.24. The molecule has 0 saturated carbocycles. The van der Waals surface area contributed by atoms with Crippen LogP contribution in [0.1, 0.15) is 12.8 Å². The minimum Gasteiger partial charge on any atom is -0.439 e. The number of nitrogen functional groups attached to an aromatic ring is 1. The van der Waals surface area contributed by atoms with E-state index in [-0.39, 0.29) is 5.91 Å². The first-order valence-corrected chi connectivity index (χ1v) is 11.3. The quantitative estimate of drug-likeness (QED) is 0.436. The maximum Gasteiger partial charge on any atom is 0.245 e. The molecule has 3 aromatic heterocycles. The van der Waals surface area contributed by atoms with Gasteiger partial charge in [0.25, 0.3) is 0 Å². The van der Waals surface area contributed by atoms with Crippen molar-refractivity contribution < 1.29 is 9.53 Å². The van der Waals surface area contributed by atoms with Gasteiger partial charge >= 0.3 is 0 Å². The van der Waals surface area contributed by atoms with Crippen molar-refractivity contribution in [3.8, 4) is 22.8 Å². The summed E-state index contributed by atoms with van der Waals surface area (Å²) in [5, 5.41) is 0.847. The molecule has 0 aliphatic carbocycles. The summed E-state index contributed by atoms with van der Waals surface area (Å²) in [6, 6.07) is 13.4. The summed E-state index contributed by atoms with van der Waals surface area (Å²) in [5.74, 6) is 2.16. The predicted molar refractivity (Wildman–Crippen MR) is 131 cm³/mol. The van der Waals surface area contributed by atoms with Crippen LogP contribution in [0.25, 0.3) is 22.2 Å². The van der Waals surface area contributed by atoms with E-state index in [1.165, 1.54) is 12.4 Å². The van der Waals surface area contributed by atoms with Gasteiger partial charge in [-0.05, 0) is 48.6 Å². The molecule has 8 nitrogen and oxygen atoms in total. The predicted octanol–water partition coefficient (Wildman–Crippen LogP) is 4.29.